The van der Waals surface area contributed by atoms with Gasteiger partial charge in [0, 0.05) is 0 Å². The minimum absolute atomic E-state index is 0.0672. The van der Waals surface area contributed by atoms with Gasteiger partial charge in [-0.15, -0.1) is 0 Å². The summed E-state index contributed by atoms with van der Waals surface area (Å²) >= 11 is 0. The van der Waals surface area contributed by atoms with Gasteiger partial charge in [-0.05, 0) is 5.56 Å². The molecule has 0 aromatic heterocycles. The molecule has 108 valence electrons. The predicted molar refractivity (Wildman–Crippen MR) is 66.6 cm³/mol. The van der Waals surface area contributed by atoms with Crippen LogP contribution in [0.5, 0.6) is 0 Å². The van der Waals surface area contributed by atoms with Crippen molar-refractivity contribution in [2.75, 3.05) is 13.4 Å². The van der Waals surface area contributed by atoms with Gasteiger partial charge in [-0.25, -0.2) is 4.79 Å². The van der Waals surface area contributed by atoms with E-state index in [1.807, 2.05) is 30.3 Å². The SMILES string of the molecule is O=C1O[C@H]([C@H](CO)OCc2ccccc2)[C@@H]2OCO[C@H]12. The molecular weight excluding hydrogens is 264 g/mol. The summed E-state index contributed by atoms with van der Waals surface area (Å²) < 4.78 is 21.3. The van der Waals surface area contributed by atoms with E-state index < -0.39 is 30.4 Å². The number of hydrogen-bond acceptors (Lipinski definition) is 6. The maximum atomic E-state index is 11.6. The summed E-state index contributed by atoms with van der Waals surface area (Å²) in [5.74, 6) is -0.459. The number of carbonyl (C=O) groups excluding carboxylic acids is 1. The van der Waals surface area contributed by atoms with E-state index in [4.69, 9.17) is 18.9 Å². The number of cyclic esters (lactones) is 1. The maximum absolute atomic E-state index is 11.6. The van der Waals surface area contributed by atoms with Crippen LogP contribution in [0, 0.1) is 0 Å². The molecular formula is C14H16O6. The number of ether oxygens (including phenoxy) is 4. The standard InChI is InChI=1S/C14H16O6/c15-6-10(17-7-9-4-2-1-3-5-9)11-12-13(14(16)20-11)19-8-18-12/h1-5,10-13,15H,6-8H2/t10-,11+,12-,13-/m0/s1. The second-order valence-electron chi connectivity index (χ2n) is 4.76. The Morgan fingerprint density at radius 2 is 2.10 bits per heavy atom. The molecule has 2 aliphatic rings. The molecule has 0 saturated carbocycles. The van der Waals surface area contributed by atoms with Crippen molar-refractivity contribution in [3.8, 4) is 0 Å². The number of benzene rings is 1. The average Bonchev–Trinajstić information content (AvgIpc) is 3.06. The molecule has 2 fully saturated rings. The van der Waals surface area contributed by atoms with Crippen LogP contribution < -0.4 is 0 Å². The van der Waals surface area contributed by atoms with Crippen LogP contribution in [0.4, 0.5) is 0 Å². The van der Waals surface area contributed by atoms with Gasteiger partial charge >= 0.3 is 5.97 Å². The van der Waals surface area contributed by atoms with Gasteiger partial charge in [-0.1, -0.05) is 30.3 Å². The Morgan fingerprint density at radius 1 is 1.30 bits per heavy atom. The third kappa shape index (κ3) is 2.55. The van der Waals surface area contributed by atoms with Gasteiger partial charge in [0.25, 0.3) is 0 Å². The van der Waals surface area contributed by atoms with Crippen molar-refractivity contribution in [2.24, 2.45) is 0 Å². The summed E-state index contributed by atoms with van der Waals surface area (Å²) in [7, 11) is 0. The van der Waals surface area contributed by atoms with E-state index >= 15 is 0 Å². The smallest absolute Gasteiger partial charge is 0.338 e. The summed E-state index contributed by atoms with van der Waals surface area (Å²) in [6.07, 6.45) is -2.47. The van der Waals surface area contributed by atoms with Crippen molar-refractivity contribution in [3.05, 3.63) is 35.9 Å². The van der Waals surface area contributed by atoms with Crippen LogP contribution in [-0.4, -0.2) is 48.9 Å². The van der Waals surface area contributed by atoms with Gasteiger partial charge < -0.3 is 24.1 Å². The molecule has 3 rings (SSSR count). The zero-order valence-corrected chi connectivity index (χ0v) is 10.8. The summed E-state index contributed by atoms with van der Waals surface area (Å²) in [5.41, 5.74) is 0.982. The first-order valence-electron chi connectivity index (χ1n) is 6.49. The molecule has 0 radical (unpaired) electrons. The van der Waals surface area contributed by atoms with Crippen molar-refractivity contribution < 1.29 is 28.8 Å². The number of rotatable bonds is 5. The number of carbonyl (C=O) groups is 1. The lowest BCUT2D eigenvalue weighted by Crippen LogP contribution is -2.41. The predicted octanol–water partition coefficient (Wildman–Crippen LogP) is 0.231. The second-order valence-corrected chi connectivity index (χ2v) is 4.76. The molecule has 6 heteroatoms. The van der Waals surface area contributed by atoms with E-state index in [2.05, 4.69) is 0 Å². The monoisotopic (exact) mass is 280 g/mol. The Balaban J connectivity index is 1.63. The Labute approximate surface area is 116 Å². The van der Waals surface area contributed by atoms with Crippen LogP contribution in [0.25, 0.3) is 0 Å². The van der Waals surface area contributed by atoms with Crippen molar-refractivity contribution in [2.45, 2.75) is 31.0 Å². The Bertz CT molecular complexity index is 462. The fraction of sp³-hybridized carbons (Fsp3) is 0.500. The highest BCUT2D eigenvalue weighted by atomic mass is 16.8. The third-order valence-electron chi connectivity index (χ3n) is 3.47. The van der Waals surface area contributed by atoms with Crippen molar-refractivity contribution in [1.29, 1.82) is 0 Å². The van der Waals surface area contributed by atoms with E-state index in [1.54, 1.807) is 0 Å². The molecule has 0 amide bonds. The zero-order valence-electron chi connectivity index (χ0n) is 10.8. The Kier molecular flexibility index (Phi) is 3.98. The van der Waals surface area contributed by atoms with E-state index in [0.29, 0.717) is 6.61 Å². The Hall–Kier alpha value is -1.47. The van der Waals surface area contributed by atoms with Crippen LogP contribution in [0.3, 0.4) is 0 Å². The lowest BCUT2D eigenvalue weighted by Gasteiger charge is -2.24. The quantitative estimate of drug-likeness (QED) is 0.778. The van der Waals surface area contributed by atoms with E-state index in [0.717, 1.165) is 5.56 Å². The molecule has 0 bridgehead atoms. The lowest BCUT2D eigenvalue weighted by atomic mass is 10.1. The average molecular weight is 280 g/mol. The molecule has 0 unspecified atom stereocenters. The molecule has 20 heavy (non-hydrogen) atoms. The molecule has 1 aromatic rings. The molecule has 4 atom stereocenters. The van der Waals surface area contributed by atoms with Crippen molar-refractivity contribution >= 4 is 5.97 Å². The fourth-order valence-electron chi connectivity index (χ4n) is 2.43. The van der Waals surface area contributed by atoms with Crippen LogP contribution in [0.15, 0.2) is 30.3 Å². The van der Waals surface area contributed by atoms with Gasteiger partial charge in [-0.2, -0.15) is 0 Å². The maximum Gasteiger partial charge on any atom is 0.338 e. The molecule has 0 aliphatic carbocycles. The minimum Gasteiger partial charge on any atom is -0.455 e. The van der Waals surface area contributed by atoms with Gasteiger partial charge in [-0.3, -0.25) is 0 Å². The first kappa shape index (κ1) is 13.5. The third-order valence-corrected chi connectivity index (χ3v) is 3.47. The first-order chi connectivity index (χ1) is 9.79. The lowest BCUT2D eigenvalue weighted by molar-refractivity contribution is -0.163. The van der Waals surface area contributed by atoms with Gasteiger partial charge in [0.1, 0.15) is 19.0 Å². The highest BCUT2D eigenvalue weighted by molar-refractivity contribution is 5.78. The highest BCUT2D eigenvalue weighted by Gasteiger charge is 2.53. The van der Waals surface area contributed by atoms with E-state index in [1.165, 1.54) is 0 Å². The summed E-state index contributed by atoms with van der Waals surface area (Å²) in [6, 6.07) is 9.58. The summed E-state index contributed by atoms with van der Waals surface area (Å²) in [4.78, 5) is 11.6. The van der Waals surface area contributed by atoms with Crippen LogP contribution in [0.2, 0.25) is 0 Å². The van der Waals surface area contributed by atoms with Crippen molar-refractivity contribution in [3.63, 3.8) is 0 Å². The highest BCUT2D eigenvalue weighted by Crippen LogP contribution is 2.30. The first-order valence-corrected chi connectivity index (χ1v) is 6.49. The normalized spacial score (nSPS) is 30.1. The van der Waals surface area contributed by atoms with Gasteiger partial charge in [0.05, 0.1) is 13.2 Å². The molecule has 0 spiro atoms. The molecule has 1 N–H and O–H groups in total. The number of aliphatic hydroxyl groups is 1. The number of fused-ring (bicyclic) bond motifs is 1. The number of esters is 1. The van der Waals surface area contributed by atoms with E-state index in [-0.39, 0.29) is 13.4 Å². The van der Waals surface area contributed by atoms with E-state index in [9.17, 15) is 9.90 Å². The van der Waals surface area contributed by atoms with Gasteiger partial charge in [0.2, 0.25) is 0 Å². The number of hydrogen-bond donors (Lipinski definition) is 1. The zero-order chi connectivity index (χ0) is 13.9. The number of aliphatic hydroxyl groups excluding tert-OH is 1. The molecule has 6 nitrogen and oxygen atoms in total. The van der Waals surface area contributed by atoms with Crippen LogP contribution in [-0.2, 0) is 30.3 Å². The molecule has 2 aliphatic heterocycles. The summed E-state index contributed by atoms with van der Waals surface area (Å²) in [6.45, 7) is 0.146. The topological polar surface area (TPSA) is 74.2 Å². The largest absolute Gasteiger partial charge is 0.455 e. The van der Waals surface area contributed by atoms with Crippen molar-refractivity contribution in [1.82, 2.24) is 0 Å². The summed E-state index contributed by atoms with van der Waals surface area (Å²) in [5, 5.41) is 9.46. The van der Waals surface area contributed by atoms with Crippen LogP contribution in [0.1, 0.15) is 5.56 Å². The fourth-order valence-corrected chi connectivity index (χ4v) is 2.43. The molecule has 2 saturated heterocycles. The minimum atomic E-state index is -0.700. The second kappa shape index (κ2) is 5.88. The van der Waals surface area contributed by atoms with Gasteiger partial charge in [0.15, 0.2) is 12.2 Å². The van der Waals surface area contributed by atoms with Crippen LogP contribution >= 0.6 is 0 Å². The molecule has 2 heterocycles. The molecule has 1 aromatic carbocycles. The Morgan fingerprint density at radius 3 is 2.85 bits per heavy atom.